The van der Waals surface area contributed by atoms with Crippen LogP contribution in [-0.4, -0.2) is 71.9 Å². The quantitative estimate of drug-likeness (QED) is 0.0974. The fraction of sp³-hybridized carbons (Fsp3) is 0.439. The highest BCUT2D eigenvalue weighted by molar-refractivity contribution is 7.90. The first-order valence-electron chi connectivity index (χ1n) is 18.7. The van der Waals surface area contributed by atoms with Gasteiger partial charge in [0.05, 0.1) is 52.3 Å². The zero-order chi connectivity index (χ0) is 41.9. The number of likely N-dealkylation sites (tertiary alicyclic amines) is 1. The number of ether oxygens (including phenoxy) is 2. The summed E-state index contributed by atoms with van der Waals surface area (Å²) in [6.45, 7) is 9.58. The van der Waals surface area contributed by atoms with Gasteiger partial charge in [-0.25, -0.2) is 22.8 Å². The van der Waals surface area contributed by atoms with Gasteiger partial charge in [0, 0.05) is 56.9 Å². The number of ketones is 1. The second-order valence-electron chi connectivity index (χ2n) is 16.3. The number of hydrogen-bond donors (Lipinski definition) is 1. The number of benzene rings is 2. The summed E-state index contributed by atoms with van der Waals surface area (Å²) in [6.07, 6.45) is 3.48. The fourth-order valence-electron chi connectivity index (χ4n) is 7.73. The van der Waals surface area contributed by atoms with Gasteiger partial charge in [0.15, 0.2) is 11.6 Å². The summed E-state index contributed by atoms with van der Waals surface area (Å²) in [6, 6.07) is 6.92. The maximum Gasteiger partial charge on any atom is 0.240 e. The lowest BCUT2D eigenvalue weighted by molar-refractivity contribution is -0.144. The van der Waals surface area contributed by atoms with Gasteiger partial charge in [-0.05, 0) is 60.9 Å². The molecule has 2 aromatic carbocycles. The summed E-state index contributed by atoms with van der Waals surface area (Å²) in [7, 11) is -2.36. The summed E-state index contributed by atoms with van der Waals surface area (Å²) in [4.78, 5) is 53.9. The van der Waals surface area contributed by atoms with Crippen LogP contribution in [-0.2, 0) is 30.8 Å². The van der Waals surface area contributed by atoms with E-state index in [0.29, 0.717) is 45.1 Å². The van der Waals surface area contributed by atoms with E-state index in [0.717, 1.165) is 0 Å². The van der Waals surface area contributed by atoms with Crippen molar-refractivity contribution in [3.63, 3.8) is 0 Å². The van der Waals surface area contributed by atoms with Crippen molar-refractivity contribution >= 4 is 84.5 Å². The number of carbonyl (C=O) groups is 3. The zero-order valence-electron chi connectivity index (χ0n) is 32.2. The molecule has 1 saturated heterocycles. The number of sulfonamides is 1. The molecule has 2 amide bonds. The second-order valence-corrected chi connectivity index (χ2v) is 20.5. The van der Waals surface area contributed by atoms with Gasteiger partial charge in [-0.2, -0.15) is 0 Å². The molecule has 0 unspecified atom stereocenters. The lowest BCUT2D eigenvalue weighted by Crippen LogP contribution is -2.48. The van der Waals surface area contributed by atoms with Crippen molar-refractivity contribution in [2.75, 3.05) is 13.7 Å². The first kappa shape index (κ1) is 42.3. The van der Waals surface area contributed by atoms with Crippen molar-refractivity contribution in [1.29, 1.82) is 0 Å². The van der Waals surface area contributed by atoms with Crippen molar-refractivity contribution in [1.82, 2.24) is 19.6 Å². The zero-order valence-corrected chi connectivity index (χ0v) is 36.1. The number of halogens is 4. The summed E-state index contributed by atoms with van der Waals surface area (Å²) >= 11 is 19.9. The highest BCUT2D eigenvalue weighted by Gasteiger charge is 2.61. The number of Topliss-reactive ketones (excluding diaryl/α,β-unsaturated/α-hetero) is 1. The molecule has 1 aliphatic heterocycles. The van der Waals surface area contributed by atoms with E-state index in [4.69, 9.17) is 44.3 Å². The standard InChI is InChI=1S/C41H42Cl3FN4O7S2/c1-6-21-16-41(21,39(52)48-58(53,54)25-8-9-25)17-33(50)32-14-24(56-37-27-11-22(42)7-10-26(27)34(55-5)18-46-37)19-49(32)38(51)29(40(2,3)4)15-35-47-31(20-57-35)28-12-23(43)13-30(44)36(28)45/h6-7,10-13,18,20-21,24-25,29,32H,1,8-9,14-17,19H2,2-5H3,(H,48,52)/t21-,24-,29-,32+,41-/m1/s1. The predicted octanol–water partition coefficient (Wildman–Crippen LogP) is 8.48. The minimum Gasteiger partial charge on any atom is -0.494 e. The van der Waals surface area contributed by atoms with Crippen molar-refractivity contribution in [2.45, 2.75) is 76.7 Å². The van der Waals surface area contributed by atoms with Crippen LogP contribution in [0.3, 0.4) is 0 Å². The number of rotatable bonds is 14. The molecule has 11 nitrogen and oxygen atoms in total. The molecule has 5 atom stereocenters. The number of amides is 2. The number of fused-ring (bicyclic) bond motifs is 1. The molecule has 1 N–H and O–H groups in total. The fourth-order valence-corrected chi connectivity index (χ4v) is 10.6. The molecule has 7 rings (SSSR count). The number of carbonyl (C=O) groups excluding carboxylic acids is 3. The van der Waals surface area contributed by atoms with E-state index in [1.54, 1.807) is 29.7 Å². The average Bonchev–Trinajstić information content (AvgIpc) is 4.05. The van der Waals surface area contributed by atoms with Crippen LogP contribution >= 0.6 is 46.1 Å². The topological polar surface area (TPSA) is 145 Å². The Hall–Kier alpha value is -3.82. The molecule has 3 aliphatic rings. The maximum atomic E-state index is 15.0. The van der Waals surface area contributed by atoms with Crippen molar-refractivity contribution < 1.29 is 36.7 Å². The summed E-state index contributed by atoms with van der Waals surface area (Å²) in [5.74, 6) is -2.56. The number of nitrogens with zero attached hydrogens (tertiary/aromatic N) is 3. The maximum absolute atomic E-state index is 15.0. The van der Waals surface area contributed by atoms with E-state index < -0.39 is 67.6 Å². The molecule has 2 saturated carbocycles. The highest BCUT2D eigenvalue weighted by atomic mass is 35.5. The molecule has 3 fully saturated rings. The van der Waals surface area contributed by atoms with Gasteiger partial charge in [-0.1, -0.05) is 61.7 Å². The molecule has 0 radical (unpaired) electrons. The number of hydrogen-bond acceptors (Lipinski definition) is 10. The number of pyridine rings is 1. The van der Waals surface area contributed by atoms with Gasteiger partial charge in [0.1, 0.15) is 11.9 Å². The van der Waals surface area contributed by atoms with E-state index in [-0.39, 0.29) is 59.6 Å². The highest BCUT2D eigenvalue weighted by Crippen LogP contribution is 2.57. The molecule has 0 spiro atoms. The number of thiazole rings is 1. The Labute approximate surface area is 355 Å². The molecule has 308 valence electrons. The van der Waals surface area contributed by atoms with Gasteiger partial charge in [0.25, 0.3) is 0 Å². The minimum atomic E-state index is -3.88. The molecular formula is C41H42Cl3FN4O7S2. The Morgan fingerprint density at radius 2 is 1.88 bits per heavy atom. The van der Waals surface area contributed by atoms with Crippen LogP contribution in [0.15, 0.2) is 54.6 Å². The van der Waals surface area contributed by atoms with Gasteiger partial charge in [0.2, 0.25) is 27.7 Å². The van der Waals surface area contributed by atoms with Crippen LogP contribution < -0.4 is 14.2 Å². The van der Waals surface area contributed by atoms with E-state index in [1.165, 1.54) is 41.7 Å². The third kappa shape index (κ3) is 8.45. The molecule has 58 heavy (non-hydrogen) atoms. The van der Waals surface area contributed by atoms with Gasteiger partial charge in [-0.3, -0.25) is 19.1 Å². The number of allylic oxidation sites excluding steroid dienone is 1. The van der Waals surface area contributed by atoms with Gasteiger partial charge < -0.3 is 14.4 Å². The Bertz CT molecular complexity index is 2440. The Morgan fingerprint density at radius 3 is 2.53 bits per heavy atom. The molecule has 4 aromatic rings. The summed E-state index contributed by atoms with van der Waals surface area (Å²) in [5, 5.41) is 3.42. The number of aromatic nitrogens is 2. The minimum absolute atomic E-state index is 0.00702. The Morgan fingerprint density at radius 1 is 1.14 bits per heavy atom. The molecular weight excluding hydrogens is 850 g/mol. The van der Waals surface area contributed by atoms with Gasteiger partial charge in [-0.15, -0.1) is 17.9 Å². The lowest BCUT2D eigenvalue weighted by atomic mass is 9.77. The van der Waals surface area contributed by atoms with Crippen LogP contribution in [0.5, 0.6) is 11.6 Å². The molecule has 2 aromatic heterocycles. The first-order valence-corrected chi connectivity index (χ1v) is 22.3. The molecule has 2 aliphatic carbocycles. The average molecular weight is 892 g/mol. The van der Waals surface area contributed by atoms with Crippen LogP contribution in [0.25, 0.3) is 22.0 Å². The van der Waals surface area contributed by atoms with Crippen LogP contribution in [0.4, 0.5) is 4.39 Å². The van der Waals surface area contributed by atoms with Crippen LogP contribution in [0.1, 0.15) is 57.9 Å². The summed E-state index contributed by atoms with van der Waals surface area (Å²) in [5.41, 5.74) is -1.52. The Balaban J connectivity index is 1.20. The summed E-state index contributed by atoms with van der Waals surface area (Å²) < 4.78 is 54.9. The van der Waals surface area contributed by atoms with E-state index >= 15 is 4.39 Å². The molecule has 0 bridgehead atoms. The second kappa shape index (κ2) is 16.0. The van der Waals surface area contributed by atoms with E-state index in [2.05, 4.69) is 21.3 Å². The van der Waals surface area contributed by atoms with Crippen molar-refractivity contribution in [2.24, 2.45) is 22.7 Å². The van der Waals surface area contributed by atoms with E-state index in [1.807, 2.05) is 20.8 Å². The third-order valence-corrected chi connectivity index (χ3v) is 14.7. The predicted molar refractivity (Wildman–Crippen MR) is 222 cm³/mol. The largest absolute Gasteiger partial charge is 0.494 e. The monoisotopic (exact) mass is 890 g/mol. The molecule has 17 heteroatoms. The van der Waals surface area contributed by atoms with Crippen molar-refractivity contribution in [3.8, 4) is 22.9 Å². The number of methoxy groups -OCH3 is 1. The third-order valence-electron chi connectivity index (χ3n) is 11.3. The Kier molecular flexibility index (Phi) is 11.7. The van der Waals surface area contributed by atoms with Gasteiger partial charge >= 0.3 is 0 Å². The van der Waals surface area contributed by atoms with Crippen molar-refractivity contribution in [3.05, 3.63) is 80.5 Å². The van der Waals surface area contributed by atoms with Crippen LogP contribution in [0.2, 0.25) is 15.1 Å². The first-order chi connectivity index (χ1) is 27.3. The lowest BCUT2D eigenvalue weighted by Gasteiger charge is -2.35. The van der Waals surface area contributed by atoms with Crippen LogP contribution in [0, 0.1) is 28.5 Å². The molecule has 3 heterocycles. The van der Waals surface area contributed by atoms with E-state index in [9.17, 15) is 22.8 Å². The smallest absolute Gasteiger partial charge is 0.240 e. The number of nitrogens with one attached hydrogen (secondary N) is 1. The SMILES string of the molecule is C=C[C@@H]1C[C@]1(CC(=O)[C@@H]1C[C@@H](Oc2ncc(OC)c3ccc(Cl)cc23)CN1C(=O)[C@@H](Cc1nc(-c2cc(Cl)cc(Cl)c2F)cs1)C(C)(C)C)C(=O)NS(=O)(=O)C1CC1. The normalized spacial score (nSPS) is 22.4.